The van der Waals surface area contributed by atoms with Crippen molar-refractivity contribution in [2.24, 2.45) is 5.73 Å². The number of carboxylic acid groups (broad SMARTS) is 1. The zero-order valence-corrected chi connectivity index (χ0v) is 15.7. The predicted molar refractivity (Wildman–Crippen MR) is 101 cm³/mol. The van der Waals surface area contributed by atoms with Crippen LogP contribution in [0, 0.1) is 5.41 Å². The summed E-state index contributed by atoms with van der Waals surface area (Å²) in [6.07, 6.45) is -1.08. The van der Waals surface area contributed by atoms with E-state index in [1.165, 1.54) is 25.1 Å². The Kier molecular flexibility index (Phi) is 8.68. The predicted octanol–water partition coefficient (Wildman–Crippen LogP) is -1.59. The monoisotopic (exact) mass is 411 g/mol. The summed E-state index contributed by atoms with van der Waals surface area (Å²) in [5.41, 5.74) is 4.89. The number of aliphatic carboxylic acids is 1. The molecule has 3 atom stereocenters. The van der Waals surface area contributed by atoms with Gasteiger partial charge in [-0.15, -0.1) is 0 Å². The first kappa shape index (κ1) is 23.5. The largest absolute Gasteiger partial charge is 0.504 e. The molecule has 29 heavy (non-hydrogen) atoms. The third-order valence-corrected chi connectivity index (χ3v) is 3.91. The Morgan fingerprint density at radius 2 is 1.86 bits per heavy atom. The number of hydrogen-bond acceptors (Lipinski definition) is 7. The summed E-state index contributed by atoms with van der Waals surface area (Å²) >= 11 is 0. The van der Waals surface area contributed by atoms with E-state index in [9.17, 15) is 29.7 Å². The van der Waals surface area contributed by atoms with Crippen molar-refractivity contribution in [2.45, 2.75) is 38.0 Å². The van der Waals surface area contributed by atoms with Gasteiger partial charge in [-0.1, -0.05) is 6.07 Å². The van der Waals surface area contributed by atoms with Crippen molar-refractivity contribution in [1.82, 2.24) is 16.0 Å². The van der Waals surface area contributed by atoms with E-state index in [2.05, 4.69) is 16.0 Å². The lowest BCUT2D eigenvalue weighted by molar-refractivity contribution is -0.145. The maximum Gasteiger partial charge on any atom is 0.328 e. The molecular formula is C17H25N5O7. The molecule has 0 aliphatic rings. The van der Waals surface area contributed by atoms with Crippen LogP contribution >= 0.6 is 0 Å². The van der Waals surface area contributed by atoms with E-state index in [1.807, 2.05) is 0 Å². The lowest BCUT2D eigenvalue weighted by atomic mass is 10.1. The maximum absolute atomic E-state index is 12.5. The van der Waals surface area contributed by atoms with E-state index in [0.717, 1.165) is 0 Å². The van der Waals surface area contributed by atoms with Crippen molar-refractivity contribution in [3.63, 3.8) is 0 Å². The Bertz CT molecular complexity index is 769. The average molecular weight is 411 g/mol. The van der Waals surface area contributed by atoms with E-state index in [4.69, 9.17) is 16.2 Å². The molecule has 0 bridgehead atoms. The van der Waals surface area contributed by atoms with Crippen LogP contribution in [0.3, 0.4) is 0 Å². The van der Waals surface area contributed by atoms with Crippen molar-refractivity contribution in [3.8, 4) is 11.5 Å². The number of carbonyl (C=O) groups is 3. The molecule has 0 aliphatic heterocycles. The summed E-state index contributed by atoms with van der Waals surface area (Å²) in [7, 11) is 0. The number of guanidine groups is 1. The standard InChI is InChI=1S/C17H25N5O7/c1-8(23)12(16(28)29)22-15(27)10(5-3-7-20-17(18)19)21-14(26)9-4-2-6-11(24)13(9)25/h2,4,6,8,10,12,23-25H,3,5,7H2,1H3,(H,21,26)(H,22,27)(H,28,29)(H4,18,19,20)/t8?,10-,12?/m0/s1. The Morgan fingerprint density at radius 1 is 1.21 bits per heavy atom. The fourth-order valence-electron chi connectivity index (χ4n) is 2.39. The Morgan fingerprint density at radius 3 is 2.41 bits per heavy atom. The highest BCUT2D eigenvalue weighted by molar-refractivity contribution is 6.00. The number of carbonyl (C=O) groups excluding carboxylic acids is 2. The molecule has 1 aromatic carbocycles. The Labute approximate surface area is 166 Å². The average Bonchev–Trinajstić information content (AvgIpc) is 2.63. The van der Waals surface area contributed by atoms with Crippen LogP contribution in [0.5, 0.6) is 11.5 Å². The fraction of sp³-hybridized carbons (Fsp3) is 0.412. The van der Waals surface area contributed by atoms with Gasteiger partial charge >= 0.3 is 5.97 Å². The SMILES string of the molecule is CC(O)C(NC(=O)[C@H](CCCNC(=N)N)NC(=O)c1cccc(O)c1O)C(=O)O. The van der Waals surface area contributed by atoms with Gasteiger partial charge in [-0.25, -0.2) is 4.79 Å². The molecule has 2 amide bonds. The Balaban J connectivity index is 2.95. The van der Waals surface area contributed by atoms with Crippen LogP contribution in [0.15, 0.2) is 18.2 Å². The summed E-state index contributed by atoms with van der Waals surface area (Å²) in [6, 6.07) is 0.907. The molecule has 12 heteroatoms. The number of aliphatic hydroxyl groups excluding tert-OH is 1. The molecule has 2 unspecified atom stereocenters. The van der Waals surface area contributed by atoms with Crippen LogP contribution in [-0.4, -0.2) is 68.9 Å². The number of para-hydroxylation sites is 1. The lowest BCUT2D eigenvalue weighted by Gasteiger charge is -2.23. The number of amides is 2. The molecule has 1 aromatic rings. The summed E-state index contributed by atoms with van der Waals surface area (Å²) < 4.78 is 0. The summed E-state index contributed by atoms with van der Waals surface area (Å²) in [5.74, 6) is -4.67. The third-order valence-electron chi connectivity index (χ3n) is 3.91. The quantitative estimate of drug-likeness (QED) is 0.0936. The van der Waals surface area contributed by atoms with Crippen LogP contribution in [0.4, 0.5) is 0 Å². The smallest absolute Gasteiger partial charge is 0.328 e. The summed E-state index contributed by atoms with van der Waals surface area (Å²) in [5, 5.41) is 52.1. The molecule has 0 saturated carbocycles. The number of aromatic hydroxyl groups is 2. The number of phenolic OH excluding ortho intramolecular Hbond substituents is 2. The van der Waals surface area contributed by atoms with E-state index in [-0.39, 0.29) is 30.9 Å². The highest BCUT2D eigenvalue weighted by Crippen LogP contribution is 2.28. The van der Waals surface area contributed by atoms with Gasteiger partial charge in [0, 0.05) is 6.54 Å². The van der Waals surface area contributed by atoms with Gasteiger partial charge in [0.2, 0.25) is 5.91 Å². The van der Waals surface area contributed by atoms with Crippen LogP contribution < -0.4 is 21.7 Å². The molecule has 0 aliphatic carbocycles. The van der Waals surface area contributed by atoms with Gasteiger partial charge in [0.25, 0.3) is 5.91 Å². The normalized spacial score (nSPS) is 13.6. The second-order valence-corrected chi connectivity index (χ2v) is 6.25. The maximum atomic E-state index is 12.5. The molecule has 1 rings (SSSR count). The van der Waals surface area contributed by atoms with Crippen molar-refractivity contribution in [2.75, 3.05) is 6.54 Å². The van der Waals surface area contributed by atoms with E-state index in [1.54, 1.807) is 0 Å². The number of benzene rings is 1. The topological polar surface area (TPSA) is 218 Å². The van der Waals surface area contributed by atoms with Gasteiger partial charge < -0.3 is 42.1 Å². The summed E-state index contributed by atoms with van der Waals surface area (Å²) in [4.78, 5) is 36.1. The number of rotatable bonds is 10. The number of nitrogens with one attached hydrogen (secondary N) is 4. The van der Waals surface area contributed by atoms with Crippen LogP contribution in [0.2, 0.25) is 0 Å². The van der Waals surface area contributed by atoms with Gasteiger partial charge in [-0.3, -0.25) is 15.0 Å². The first-order valence-electron chi connectivity index (χ1n) is 8.65. The minimum Gasteiger partial charge on any atom is -0.504 e. The van der Waals surface area contributed by atoms with Crippen molar-refractivity contribution in [1.29, 1.82) is 5.41 Å². The molecule has 0 spiro atoms. The highest BCUT2D eigenvalue weighted by atomic mass is 16.4. The minimum atomic E-state index is -1.59. The van der Waals surface area contributed by atoms with E-state index < -0.39 is 47.5 Å². The zero-order valence-electron chi connectivity index (χ0n) is 15.7. The van der Waals surface area contributed by atoms with Crippen molar-refractivity contribution < 1.29 is 34.8 Å². The van der Waals surface area contributed by atoms with Gasteiger partial charge in [-0.2, -0.15) is 0 Å². The van der Waals surface area contributed by atoms with Crippen molar-refractivity contribution in [3.05, 3.63) is 23.8 Å². The zero-order chi connectivity index (χ0) is 22.1. The van der Waals surface area contributed by atoms with E-state index >= 15 is 0 Å². The van der Waals surface area contributed by atoms with Crippen molar-refractivity contribution >= 4 is 23.7 Å². The molecule has 12 nitrogen and oxygen atoms in total. The molecule has 0 aromatic heterocycles. The number of hydrogen-bond donors (Lipinski definition) is 9. The molecule has 160 valence electrons. The number of nitrogens with two attached hydrogens (primary N) is 1. The van der Waals surface area contributed by atoms with Gasteiger partial charge in [0.15, 0.2) is 23.5 Å². The number of aliphatic hydroxyl groups is 1. The summed E-state index contributed by atoms with van der Waals surface area (Å²) in [6.45, 7) is 1.40. The van der Waals surface area contributed by atoms with Gasteiger partial charge in [0.1, 0.15) is 6.04 Å². The van der Waals surface area contributed by atoms with Gasteiger partial charge in [0.05, 0.1) is 11.7 Å². The lowest BCUT2D eigenvalue weighted by Crippen LogP contribution is -2.54. The number of phenols is 2. The Hall–Kier alpha value is -3.54. The molecule has 0 radical (unpaired) electrons. The molecule has 0 fully saturated rings. The second kappa shape index (κ2) is 10.7. The first-order valence-corrected chi connectivity index (χ1v) is 8.65. The number of carboxylic acids is 1. The fourth-order valence-corrected chi connectivity index (χ4v) is 2.39. The van der Waals surface area contributed by atoms with Crippen LogP contribution in [0.25, 0.3) is 0 Å². The van der Waals surface area contributed by atoms with Crippen LogP contribution in [0.1, 0.15) is 30.1 Å². The molecule has 0 saturated heterocycles. The molecule has 0 heterocycles. The minimum absolute atomic E-state index is 0.0313. The van der Waals surface area contributed by atoms with Crippen LogP contribution in [-0.2, 0) is 9.59 Å². The third kappa shape index (κ3) is 7.18. The molecule has 10 N–H and O–H groups in total. The first-order chi connectivity index (χ1) is 13.5. The molecular weight excluding hydrogens is 386 g/mol. The van der Waals surface area contributed by atoms with E-state index in [0.29, 0.717) is 0 Å². The highest BCUT2D eigenvalue weighted by Gasteiger charge is 2.30. The van der Waals surface area contributed by atoms with Gasteiger partial charge in [-0.05, 0) is 31.9 Å². The second-order valence-electron chi connectivity index (χ2n) is 6.25.